The highest BCUT2D eigenvalue weighted by Gasteiger charge is 2.20. The Hall–Kier alpha value is -1.89. The van der Waals surface area contributed by atoms with Crippen LogP contribution in [0, 0.1) is 40.9 Å². The molecule has 0 aliphatic rings. The predicted octanol–water partition coefficient (Wildman–Crippen LogP) is 15.9. The number of ether oxygens (including phenoxy) is 3. The van der Waals surface area contributed by atoms with E-state index in [1.54, 1.807) is 0 Å². The van der Waals surface area contributed by atoms with Gasteiger partial charge < -0.3 is 19.1 Å². The van der Waals surface area contributed by atoms with Crippen LogP contribution in [0.1, 0.15) is 250 Å². The lowest BCUT2D eigenvalue weighted by atomic mass is 9.82. The first-order valence-corrected chi connectivity index (χ1v) is 26.6. The highest BCUT2D eigenvalue weighted by atomic mass is 16.5. The van der Waals surface area contributed by atoms with Crippen molar-refractivity contribution in [1.82, 2.24) is 4.90 Å². The molecule has 7 nitrogen and oxygen atoms in total. The third-order valence-electron chi connectivity index (χ3n) is 13.4. The van der Waals surface area contributed by atoms with Crippen molar-refractivity contribution in [2.75, 3.05) is 33.9 Å². The lowest BCUT2D eigenvalue weighted by Gasteiger charge is -2.25. The van der Waals surface area contributed by atoms with Crippen LogP contribution in [0.15, 0.2) is 11.6 Å². The highest BCUT2D eigenvalue weighted by Crippen LogP contribution is 2.30. The average Bonchev–Trinajstić information content (AvgIpc) is 3.17. The summed E-state index contributed by atoms with van der Waals surface area (Å²) in [5.41, 5.74) is 1.41. The molecule has 0 aromatic rings. The third kappa shape index (κ3) is 41.3. The fourth-order valence-corrected chi connectivity index (χ4v) is 8.70. The Balaban J connectivity index is 4.51. The molecule has 372 valence electrons. The minimum absolute atomic E-state index is 0.135. The smallest absolute Gasteiger partial charge is 0.306 e. The summed E-state index contributed by atoms with van der Waals surface area (Å²) in [7, 11) is 3.98. The van der Waals surface area contributed by atoms with Crippen molar-refractivity contribution < 1.29 is 28.6 Å². The molecule has 0 radical (unpaired) electrons. The Morgan fingerprint density at radius 3 is 1.38 bits per heavy atom. The van der Waals surface area contributed by atoms with Gasteiger partial charge in [0.2, 0.25) is 0 Å². The fraction of sp³-hybridized carbons (Fsp3) is 0.911. The molecule has 0 aliphatic carbocycles. The zero-order valence-electron chi connectivity index (χ0n) is 44.2. The van der Waals surface area contributed by atoms with Gasteiger partial charge in [0.15, 0.2) is 0 Å². The van der Waals surface area contributed by atoms with Gasteiger partial charge in [0.25, 0.3) is 0 Å². The first-order chi connectivity index (χ1) is 29.8. The van der Waals surface area contributed by atoms with Gasteiger partial charge in [0, 0.05) is 19.3 Å². The lowest BCUT2D eigenvalue weighted by molar-refractivity contribution is -0.150. The van der Waals surface area contributed by atoms with Gasteiger partial charge >= 0.3 is 17.9 Å². The molecular formula is C56H107NO6. The molecule has 0 spiro atoms. The molecule has 0 bridgehead atoms. The number of allylic oxidation sites excluding steroid dienone is 1. The van der Waals surface area contributed by atoms with E-state index in [1.807, 2.05) is 20.2 Å². The second-order valence-corrected chi connectivity index (χ2v) is 22.4. The number of nitrogens with zero attached hydrogens (tertiary/aromatic N) is 1. The maximum atomic E-state index is 12.7. The summed E-state index contributed by atoms with van der Waals surface area (Å²) in [4.78, 5) is 40.1. The van der Waals surface area contributed by atoms with E-state index in [4.69, 9.17) is 14.2 Å². The molecule has 63 heavy (non-hydrogen) atoms. The van der Waals surface area contributed by atoms with Crippen molar-refractivity contribution in [2.45, 2.75) is 256 Å². The van der Waals surface area contributed by atoms with Crippen LogP contribution in [0.5, 0.6) is 0 Å². The molecule has 0 aliphatic heterocycles. The van der Waals surface area contributed by atoms with Crippen LogP contribution in [0.3, 0.4) is 0 Å². The summed E-state index contributed by atoms with van der Waals surface area (Å²) in [5.74, 6) is 4.20. The summed E-state index contributed by atoms with van der Waals surface area (Å²) in [6.45, 7) is 27.2. The predicted molar refractivity (Wildman–Crippen MR) is 269 cm³/mol. The summed E-state index contributed by atoms with van der Waals surface area (Å²) in [6.07, 6.45) is 29.8. The summed E-state index contributed by atoms with van der Waals surface area (Å²) < 4.78 is 17.1. The van der Waals surface area contributed by atoms with E-state index in [9.17, 15) is 14.4 Å². The van der Waals surface area contributed by atoms with Crippen LogP contribution in [0.25, 0.3) is 0 Å². The molecule has 0 amide bonds. The minimum atomic E-state index is -0.334. The second-order valence-electron chi connectivity index (χ2n) is 22.4. The van der Waals surface area contributed by atoms with Crippen LogP contribution in [0.4, 0.5) is 0 Å². The van der Waals surface area contributed by atoms with E-state index in [0.717, 1.165) is 67.7 Å². The molecule has 0 saturated carbocycles. The van der Waals surface area contributed by atoms with Crippen molar-refractivity contribution in [2.24, 2.45) is 40.9 Å². The average molecular weight is 890 g/mol. The Labute approximate surface area is 392 Å². The number of esters is 3. The quantitative estimate of drug-likeness (QED) is 0.0343. The van der Waals surface area contributed by atoms with Gasteiger partial charge in [-0.25, -0.2) is 0 Å². The van der Waals surface area contributed by atoms with Crippen molar-refractivity contribution >= 4 is 17.9 Å². The van der Waals surface area contributed by atoms with Crippen LogP contribution in [-0.4, -0.2) is 62.8 Å². The van der Waals surface area contributed by atoms with Gasteiger partial charge in [0.1, 0.15) is 12.7 Å². The van der Waals surface area contributed by atoms with Crippen molar-refractivity contribution in [3.05, 3.63) is 11.6 Å². The zero-order valence-corrected chi connectivity index (χ0v) is 44.2. The molecule has 0 aromatic heterocycles. The summed E-state index contributed by atoms with van der Waals surface area (Å²) in [6, 6.07) is 0. The molecular weight excluding hydrogens is 783 g/mol. The van der Waals surface area contributed by atoms with Crippen LogP contribution < -0.4 is 0 Å². The highest BCUT2D eigenvalue weighted by molar-refractivity contribution is 5.70. The molecule has 5 unspecified atom stereocenters. The van der Waals surface area contributed by atoms with Crippen molar-refractivity contribution in [3.63, 3.8) is 0 Å². The second kappa shape index (κ2) is 38.2. The van der Waals surface area contributed by atoms with E-state index >= 15 is 0 Å². The third-order valence-corrected chi connectivity index (χ3v) is 13.4. The van der Waals surface area contributed by atoms with Gasteiger partial charge in [-0.3, -0.25) is 14.4 Å². The molecule has 0 heterocycles. The number of hydrogen-bond donors (Lipinski definition) is 0. The Morgan fingerprint density at radius 1 is 0.492 bits per heavy atom. The number of hydrogen-bond acceptors (Lipinski definition) is 7. The van der Waals surface area contributed by atoms with Gasteiger partial charge in [-0.05, 0) is 132 Å². The number of rotatable bonds is 42. The van der Waals surface area contributed by atoms with E-state index in [0.29, 0.717) is 51.7 Å². The number of carbonyl (C=O) groups excluding carboxylic acids is 3. The minimum Gasteiger partial charge on any atom is -0.466 e. The molecule has 0 rings (SSSR count). The maximum Gasteiger partial charge on any atom is 0.306 e. The Kier molecular flexibility index (Phi) is 37.1. The van der Waals surface area contributed by atoms with E-state index in [1.165, 1.54) is 108 Å². The lowest BCUT2D eigenvalue weighted by Crippen LogP contribution is -2.21. The molecule has 0 saturated heterocycles. The van der Waals surface area contributed by atoms with Crippen LogP contribution in [0.2, 0.25) is 0 Å². The summed E-state index contributed by atoms with van der Waals surface area (Å²) in [5, 5.41) is 0. The molecule has 0 aromatic carbocycles. The first kappa shape index (κ1) is 61.1. The van der Waals surface area contributed by atoms with Gasteiger partial charge in [-0.2, -0.15) is 0 Å². The standard InChI is InChI=1S/C56H107NO6/c1-45(2)23-14-25-47(5)27-16-29-49(7)30-18-32-51(9)39-43-61-53(58)36-19-34-52(63-55(60)38-22-42-57(12)13)35-20-37-54(59)62-44-41-56(10,11)40-21-33-50(8)31-17-28-48(6)26-15-24-46(3)4/h39,45-50,52H,14-38,40-44H2,1-13H3/b51-39+. The SMILES string of the molecule is C/C(=C\COC(=O)CCCC(CCCC(=O)OCCC(C)(C)CCCC(C)CCCC(C)CCCC(C)C)OC(=O)CCCN(C)C)CCCC(C)CCCC(C)CCCC(C)C. The van der Waals surface area contributed by atoms with Crippen LogP contribution >= 0.6 is 0 Å². The van der Waals surface area contributed by atoms with E-state index < -0.39 is 0 Å². The van der Waals surface area contributed by atoms with Crippen molar-refractivity contribution in [3.8, 4) is 0 Å². The molecule has 0 fully saturated rings. The first-order valence-electron chi connectivity index (χ1n) is 26.6. The largest absolute Gasteiger partial charge is 0.466 e. The van der Waals surface area contributed by atoms with E-state index in [-0.39, 0.29) is 35.8 Å². The molecule has 7 heteroatoms. The van der Waals surface area contributed by atoms with E-state index in [2.05, 4.69) is 81.1 Å². The van der Waals surface area contributed by atoms with Crippen molar-refractivity contribution in [1.29, 1.82) is 0 Å². The van der Waals surface area contributed by atoms with Gasteiger partial charge in [-0.1, -0.05) is 171 Å². The zero-order chi connectivity index (χ0) is 47.5. The fourth-order valence-electron chi connectivity index (χ4n) is 8.70. The van der Waals surface area contributed by atoms with Gasteiger partial charge in [0.05, 0.1) is 6.61 Å². The van der Waals surface area contributed by atoms with Gasteiger partial charge in [-0.15, -0.1) is 0 Å². The molecule has 0 N–H and O–H groups in total. The normalized spacial score (nSPS) is 14.8. The van der Waals surface area contributed by atoms with Crippen LogP contribution in [-0.2, 0) is 28.6 Å². The maximum absolute atomic E-state index is 12.7. The Bertz CT molecular complexity index is 1160. The topological polar surface area (TPSA) is 82.1 Å². The summed E-state index contributed by atoms with van der Waals surface area (Å²) >= 11 is 0. The Morgan fingerprint density at radius 2 is 0.905 bits per heavy atom. The monoisotopic (exact) mass is 890 g/mol. The number of carbonyl (C=O) groups is 3. The molecule has 5 atom stereocenters.